The number of ether oxygens (including phenoxy) is 1. The van der Waals surface area contributed by atoms with E-state index in [2.05, 4.69) is 20.7 Å². The first-order valence-electron chi connectivity index (χ1n) is 5.67. The molecule has 0 atom stereocenters. The predicted octanol–water partition coefficient (Wildman–Crippen LogP) is 1.18. The Hall–Kier alpha value is -2.41. The fourth-order valence-electron chi connectivity index (χ4n) is 1.45. The summed E-state index contributed by atoms with van der Waals surface area (Å²) in [6.45, 7) is 0. The van der Waals surface area contributed by atoms with Gasteiger partial charge in [0.2, 0.25) is 5.69 Å². The SMILES string of the molecule is CNC(=O)c1nnn(N=Cc2ccc(Cl)cc2)c1OC. The van der Waals surface area contributed by atoms with Crippen molar-refractivity contribution in [2.75, 3.05) is 14.2 Å². The van der Waals surface area contributed by atoms with E-state index in [0.717, 1.165) is 10.4 Å². The number of rotatable bonds is 4. The van der Waals surface area contributed by atoms with Gasteiger partial charge in [0.15, 0.2) is 0 Å². The van der Waals surface area contributed by atoms with Crippen LogP contribution < -0.4 is 10.1 Å². The maximum absolute atomic E-state index is 11.5. The molecule has 0 aliphatic carbocycles. The minimum absolute atomic E-state index is 0.0725. The number of halogens is 1. The van der Waals surface area contributed by atoms with E-state index in [-0.39, 0.29) is 11.6 Å². The van der Waals surface area contributed by atoms with Crippen LogP contribution in [0.5, 0.6) is 5.88 Å². The zero-order valence-corrected chi connectivity index (χ0v) is 11.6. The Morgan fingerprint density at radius 3 is 2.75 bits per heavy atom. The van der Waals surface area contributed by atoms with Crippen molar-refractivity contribution in [2.24, 2.45) is 5.10 Å². The van der Waals surface area contributed by atoms with E-state index in [4.69, 9.17) is 16.3 Å². The number of amides is 1. The second kappa shape index (κ2) is 6.16. The van der Waals surface area contributed by atoms with Crippen molar-refractivity contribution in [1.82, 2.24) is 20.4 Å². The van der Waals surface area contributed by atoms with E-state index in [9.17, 15) is 4.79 Å². The number of hydrogen-bond acceptors (Lipinski definition) is 5. The maximum Gasteiger partial charge on any atom is 0.277 e. The number of benzene rings is 1. The number of methoxy groups -OCH3 is 1. The molecular weight excluding hydrogens is 282 g/mol. The van der Waals surface area contributed by atoms with Crippen LogP contribution in [0.15, 0.2) is 29.4 Å². The zero-order valence-electron chi connectivity index (χ0n) is 10.9. The van der Waals surface area contributed by atoms with Crippen molar-refractivity contribution in [2.45, 2.75) is 0 Å². The molecule has 0 bridgehead atoms. The van der Waals surface area contributed by atoms with Crippen LogP contribution in [0.2, 0.25) is 5.02 Å². The first kappa shape index (κ1) is 14.0. The van der Waals surface area contributed by atoms with Gasteiger partial charge in [-0.2, -0.15) is 5.10 Å². The highest BCUT2D eigenvalue weighted by molar-refractivity contribution is 6.30. The standard InChI is InChI=1S/C12H12ClN5O2/c1-14-11(19)10-12(20-2)18(17-16-10)15-7-8-3-5-9(13)6-4-8/h3-7H,1-2H3,(H,14,19). The van der Waals surface area contributed by atoms with E-state index >= 15 is 0 Å². The smallest absolute Gasteiger partial charge is 0.277 e. The number of carbonyl (C=O) groups is 1. The molecule has 0 radical (unpaired) electrons. The second-order valence-corrected chi connectivity index (χ2v) is 4.15. The number of nitrogens with one attached hydrogen (secondary N) is 1. The van der Waals surface area contributed by atoms with Gasteiger partial charge < -0.3 is 10.1 Å². The Morgan fingerprint density at radius 2 is 2.15 bits per heavy atom. The summed E-state index contributed by atoms with van der Waals surface area (Å²) in [5.41, 5.74) is 0.900. The van der Waals surface area contributed by atoms with Crippen LogP contribution in [0.1, 0.15) is 16.1 Å². The fraction of sp³-hybridized carbons (Fsp3) is 0.167. The molecule has 0 spiro atoms. The Balaban J connectivity index is 2.27. The molecule has 0 unspecified atom stereocenters. The molecule has 1 N–H and O–H groups in total. The van der Waals surface area contributed by atoms with Gasteiger partial charge >= 0.3 is 0 Å². The molecule has 8 heteroatoms. The Morgan fingerprint density at radius 1 is 1.45 bits per heavy atom. The lowest BCUT2D eigenvalue weighted by molar-refractivity contribution is 0.0954. The largest absolute Gasteiger partial charge is 0.478 e. The Kier molecular flexibility index (Phi) is 4.31. The predicted molar refractivity (Wildman–Crippen MR) is 74.4 cm³/mol. The molecular formula is C12H12ClN5O2. The fourth-order valence-corrected chi connectivity index (χ4v) is 1.58. The molecule has 0 aliphatic heterocycles. The maximum atomic E-state index is 11.5. The lowest BCUT2D eigenvalue weighted by atomic mass is 10.2. The number of hydrogen-bond donors (Lipinski definition) is 1. The molecule has 7 nitrogen and oxygen atoms in total. The van der Waals surface area contributed by atoms with Gasteiger partial charge in [-0.3, -0.25) is 4.79 Å². The molecule has 20 heavy (non-hydrogen) atoms. The quantitative estimate of drug-likeness (QED) is 0.858. The summed E-state index contributed by atoms with van der Waals surface area (Å²) < 4.78 is 5.09. The van der Waals surface area contributed by atoms with E-state index in [1.807, 2.05) is 0 Å². The van der Waals surface area contributed by atoms with Crippen molar-refractivity contribution in [3.63, 3.8) is 0 Å². The lowest BCUT2D eigenvalue weighted by Crippen LogP contribution is -2.19. The summed E-state index contributed by atoms with van der Waals surface area (Å²) in [5.74, 6) is -0.232. The third-order valence-electron chi connectivity index (χ3n) is 2.44. The molecule has 1 heterocycles. The van der Waals surface area contributed by atoms with Crippen LogP contribution in [0, 0.1) is 0 Å². The molecule has 1 aromatic heterocycles. The molecule has 0 saturated heterocycles. The number of carbonyl (C=O) groups excluding carboxylic acids is 1. The van der Waals surface area contributed by atoms with Crippen LogP contribution in [0.4, 0.5) is 0 Å². The zero-order chi connectivity index (χ0) is 14.5. The van der Waals surface area contributed by atoms with Gasteiger partial charge in [0.25, 0.3) is 11.8 Å². The summed E-state index contributed by atoms with van der Waals surface area (Å²) in [6, 6.07) is 7.10. The topological polar surface area (TPSA) is 81.4 Å². The highest BCUT2D eigenvalue weighted by Gasteiger charge is 2.19. The average Bonchev–Trinajstić information content (AvgIpc) is 2.88. The van der Waals surface area contributed by atoms with Crippen LogP contribution in [-0.2, 0) is 0 Å². The molecule has 0 aliphatic rings. The summed E-state index contributed by atoms with van der Waals surface area (Å²) in [6.07, 6.45) is 1.56. The van der Waals surface area contributed by atoms with Gasteiger partial charge in [0.1, 0.15) is 0 Å². The molecule has 1 amide bonds. The minimum Gasteiger partial charge on any atom is -0.478 e. The van der Waals surface area contributed by atoms with E-state index in [1.54, 1.807) is 30.5 Å². The van der Waals surface area contributed by atoms with Crippen LogP contribution in [0.3, 0.4) is 0 Å². The van der Waals surface area contributed by atoms with Gasteiger partial charge in [0, 0.05) is 12.1 Å². The summed E-state index contributed by atoms with van der Waals surface area (Å²) in [4.78, 5) is 12.7. The van der Waals surface area contributed by atoms with Gasteiger partial charge in [-0.25, -0.2) is 0 Å². The van der Waals surface area contributed by atoms with Crippen LogP contribution in [-0.4, -0.2) is 41.4 Å². The second-order valence-electron chi connectivity index (χ2n) is 3.71. The number of aromatic nitrogens is 3. The van der Waals surface area contributed by atoms with Crippen LogP contribution in [0.25, 0.3) is 0 Å². The van der Waals surface area contributed by atoms with E-state index in [0.29, 0.717) is 5.02 Å². The summed E-state index contributed by atoms with van der Waals surface area (Å²) in [5, 5.41) is 14.6. The molecule has 104 valence electrons. The third kappa shape index (κ3) is 2.94. The first-order chi connectivity index (χ1) is 9.65. The summed E-state index contributed by atoms with van der Waals surface area (Å²) >= 11 is 5.79. The average molecular weight is 294 g/mol. The monoisotopic (exact) mass is 293 g/mol. The molecule has 1 aromatic carbocycles. The van der Waals surface area contributed by atoms with Crippen molar-refractivity contribution < 1.29 is 9.53 Å². The first-order valence-corrected chi connectivity index (χ1v) is 6.05. The molecule has 2 rings (SSSR count). The Labute approximate surface area is 120 Å². The highest BCUT2D eigenvalue weighted by Crippen LogP contribution is 2.14. The molecule has 2 aromatic rings. The van der Waals surface area contributed by atoms with Gasteiger partial charge in [-0.1, -0.05) is 28.5 Å². The van der Waals surface area contributed by atoms with Gasteiger partial charge in [-0.15, -0.1) is 5.10 Å². The van der Waals surface area contributed by atoms with Gasteiger partial charge in [0.05, 0.1) is 13.3 Å². The molecule has 0 fully saturated rings. The van der Waals surface area contributed by atoms with E-state index < -0.39 is 5.91 Å². The normalized spacial score (nSPS) is 10.8. The van der Waals surface area contributed by atoms with Crippen molar-refractivity contribution in [3.8, 4) is 5.88 Å². The highest BCUT2D eigenvalue weighted by atomic mass is 35.5. The van der Waals surface area contributed by atoms with Crippen molar-refractivity contribution in [1.29, 1.82) is 0 Å². The lowest BCUT2D eigenvalue weighted by Gasteiger charge is -2.00. The van der Waals surface area contributed by atoms with Gasteiger partial charge in [-0.05, 0) is 22.9 Å². The van der Waals surface area contributed by atoms with Crippen molar-refractivity contribution >= 4 is 23.7 Å². The Bertz CT molecular complexity index is 636. The minimum atomic E-state index is -0.394. The van der Waals surface area contributed by atoms with Crippen molar-refractivity contribution in [3.05, 3.63) is 40.5 Å². The molecule has 0 saturated carbocycles. The van der Waals surface area contributed by atoms with Crippen LogP contribution >= 0.6 is 11.6 Å². The summed E-state index contributed by atoms with van der Waals surface area (Å²) in [7, 11) is 2.91. The van der Waals surface area contributed by atoms with E-state index in [1.165, 1.54) is 14.2 Å². The third-order valence-corrected chi connectivity index (χ3v) is 2.69. The number of nitrogens with zero attached hydrogens (tertiary/aromatic N) is 4.